The Bertz CT molecular complexity index is 363. The Kier molecular flexibility index (Phi) is 4.55. The standard InChI is InChI=1S/C14H22N2O/c1-14(2,3)9-10-16-13(17)11-5-7-12(15-4)8-6-11/h5-8,15H,9-10H2,1-4H3,(H,16,17). The van der Waals surface area contributed by atoms with E-state index in [9.17, 15) is 4.79 Å². The average molecular weight is 234 g/mol. The van der Waals surface area contributed by atoms with Crippen LogP contribution in [0.25, 0.3) is 0 Å². The van der Waals surface area contributed by atoms with Gasteiger partial charge in [-0.05, 0) is 36.1 Å². The first-order valence-electron chi connectivity index (χ1n) is 5.98. The van der Waals surface area contributed by atoms with Crippen LogP contribution in [0.5, 0.6) is 0 Å². The van der Waals surface area contributed by atoms with E-state index in [4.69, 9.17) is 0 Å². The monoisotopic (exact) mass is 234 g/mol. The molecule has 0 saturated heterocycles. The lowest BCUT2D eigenvalue weighted by Crippen LogP contribution is -2.27. The molecule has 3 heteroatoms. The molecule has 0 aromatic heterocycles. The Morgan fingerprint density at radius 2 is 1.76 bits per heavy atom. The van der Waals surface area contributed by atoms with Crippen molar-refractivity contribution in [2.75, 3.05) is 18.9 Å². The molecule has 1 amide bonds. The molecule has 1 aromatic rings. The van der Waals surface area contributed by atoms with Gasteiger partial charge >= 0.3 is 0 Å². The lowest BCUT2D eigenvalue weighted by molar-refractivity contribution is 0.0949. The third-order valence-corrected chi connectivity index (χ3v) is 2.60. The van der Waals surface area contributed by atoms with E-state index >= 15 is 0 Å². The molecule has 0 aliphatic carbocycles. The molecule has 0 spiro atoms. The molecule has 3 nitrogen and oxygen atoms in total. The highest BCUT2D eigenvalue weighted by Crippen LogP contribution is 2.17. The van der Waals surface area contributed by atoms with Crippen LogP contribution in [0, 0.1) is 5.41 Å². The minimum Gasteiger partial charge on any atom is -0.388 e. The minimum absolute atomic E-state index is 0.00287. The molecule has 0 radical (unpaired) electrons. The number of anilines is 1. The number of hydrogen-bond acceptors (Lipinski definition) is 2. The number of nitrogens with one attached hydrogen (secondary N) is 2. The first-order chi connectivity index (χ1) is 7.92. The summed E-state index contributed by atoms with van der Waals surface area (Å²) in [7, 11) is 1.86. The fraction of sp³-hybridized carbons (Fsp3) is 0.500. The van der Waals surface area contributed by atoms with Gasteiger partial charge in [-0.25, -0.2) is 0 Å². The van der Waals surface area contributed by atoms with Crippen molar-refractivity contribution in [1.29, 1.82) is 0 Å². The molecule has 0 fully saturated rings. The summed E-state index contributed by atoms with van der Waals surface area (Å²) in [5.74, 6) is -0.00287. The maximum Gasteiger partial charge on any atom is 0.251 e. The topological polar surface area (TPSA) is 41.1 Å². The van der Waals surface area contributed by atoms with Gasteiger partial charge in [-0.3, -0.25) is 4.79 Å². The summed E-state index contributed by atoms with van der Waals surface area (Å²) in [4.78, 5) is 11.8. The number of hydrogen-bond donors (Lipinski definition) is 2. The van der Waals surface area contributed by atoms with Gasteiger partial charge in [0.05, 0.1) is 0 Å². The Balaban J connectivity index is 2.47. The van der Waals surface area contributed by atoms with Gasteiger partial charge in [0.15, 0.2) is 0 Å². The number of rotatable bonds is 4. The van der Waals surface area contributed by atoms with Crippen molar-refractivity contribution in [2.45, 2.75) is 27.2 Å². The van der Waals surface area contributed by atoms with Crippen molar-refractivity contribution in [2.24, 2.45) is 5.41 Å². The van der Waals surface area contributed by atoms with Crippen molar-refractivity contribution in [3.05, 3.63) is 29.8 Å². The maximum absolute atomic E-state index is 11.8. The smallest absolute Gasteiger partial charge is 0.251 e. The molecule has 0 heterocycles. The van der Waals surface area contributed by atoms with Crippen LogP contribution in [-0.4, -0.2) is 19.5 Å². The van der Waals surface area contributed by atoms with Crippen LogP contribution in [0.3, 0.4) is 0 Å². The van der Waals surface area contributed by atoms with Crippen LogP contribution in [0.2, 0.25) is 0 Å². The van der Waals surface area contributed by atoms with Crippen molar-refractivity contribution in [3.63, 3.8) is 0 Å². The van der Waals surface area contributed by atoms with Gasteiger partial charge in [-0.1, -0.05) is 20.8 Å². The summed E-state index contributed by atoms with van der Waals surface area (Å²) in [6.07, 6.45) is 0.980. The third-order valence-electron chi connectivity index (χ3n) is 2.60. The normalized spacial score (nSPS) is 11.1. The van der Waals surface area contributed by atoms with Crippen molar-refractivity contribution >= 4 is 11.6 Å². The second-order valence-electron chi connectivity index (χ2n) is 5.39. The molecule has 0 unspecified atom stereocenters. The quantitative estimate of drug-likeness (QED) is 0.841. The van der Waals surface area contributed by atoms with Crippen molar-refractivity contribution in [3.8, 4) is 0 Å². The van der Waals surface area contributed by atoms with Crippen LogP contribution in [0.1, 0.15) is 37.6 Å². The van der Waals surface area contributed by atoms with E-state index in [1.807, 2.05) is 31.3 Å². The van der Waals surface area contributed by atoms with E-state index in [1.54, 1.807) is 0 Å². The predicted octanol–water partition coefficient (Wildman–Crippen LogP) is 2.89. The lowest BCUT2D eigenvalue weighted by atomic mass is 9.92. The zero-order valence-electron chi connectivity index (χ0n) is 11.1. The van der Waals surface area contributed by atoms with Crippen molar-refractivity contribution in [1.82, 2.24) is 5.32 Å². The molecular formula is C14H22N2O. The Morgan fingerprint density at radius 1 is 1.18 bits per heavy atom. The molecule has 1 rings (SSSR count). The highest BCUT2D eigenvalue weighted by Gasteiger charge is 2.11. The lowest BCUT2D eigenvalue weighted by Gasteiger charge is -2.18. The predicted molar refractivity (Wildman–Crippen MR) is 72.4 cm³/mol. The molecular weight excluding hydrogens is 212 g/mol. The zero-order chi connectivity index (χ0) is 12.9. The minimum atomic E-state index is -0.00287. The highest BCUT2D eigenvalue weighted by atomic mass is 16.1. The highest BCUT2D eigenvalue weighted by molar-refractivity contribution is 5.94. The van der Waals surface area contributed by atoms with Crippen LogP contribution < -0.4 is 10.6 Å². The van der Waals surface area contributed by atoms with E-state index in [1.165, 1.54) is 0 Å². The molecule has 17 heavy (non-hydrogen) atoms. The van der Waals surface area contributed by atoms with Crippen molar-refractivity contribution < 1.29 is 4.79 Å². The van der Waals surface area contributed by atoms with E-state index in [-0.39, 0.29) is 11.3 Å². The van der Waals surface area contributed by atoms with Gasteiger partial charge in [-0.15, -0.1) is 0 Å². The molecule has 0 aliphatic rings. The van der Waals surface area contributed by atoms with Crippen LogP contribution >= 0.6 is 0 Å². The summed E-state index contributed by atoms with van der Waals surface area (Å²) in [6, 6.07) is 7.47. The zero-order valence-corrected chi connectivity index (χ0v) is 11.1. The molecule has 1 aromatic carbocycles. The average Bonchev–Trinajstić information content (AvgIpc) is 2.27. The summed E-state index contributed by atoms with van der Waals surface area (Å²) in [5, 5.41) is 5.96. The summed E-state index contributed by atoms with van der Waals surface area (Å²) >= 11 is 0. The molecule has 94 valence electrons. The van der Waals surface area contributed by atoms with E-state index in [0.29, 0.717) is 5.56 Å². The first kappa shape index (κ1) is 13.6. The SMILES string of the molecule is CNc1ccc(C(=O)NCCC(C)(C)C)cc1. The molecule has 0 saturated carbocycles. The van der Waals surface area contributed by atoms with Crippen LogP contribution in [-0.2, 0) is 0 Å². The number of amides is 1. The fourth-order valence-corrected chi connectivity index (χ4v) is 1.44. The number of carbonyl (C=O) groups excluding carboxylic acids is 1. The number of carbonyl (C=O) groups is 1. The summed E-state index contributed by atoms with van der Waals surface area (Å²) < 4.78 is 0. The van der Waals surface area contributed by atoms with Crippen LogP contribution in [0.15, 0.2) is 24.3 Å². The molecule has 0 bridgehead atoms. The summed E-state index contributed by atoms with van der Waals surface area (Å²) in [6.45, 7) is 7.22. The second kappa shape index (κ2) is 5.71. The largest absolute Gasteiger partial charge is 0.388 e. The van der Waals surface area contributed by atoms with Gasteiger partial charge in [0, 0.05) is 24.8 Å². The van der Waals surface area contributed by atoms with Crippen LogP contribution in [0.4, 0.5) is 5.69 Å². The van der Waals surface area contributed by atoms with Gasteiger partial charge in [0.25, 0.3) is 5.91 Å². The molecule has 0 atom stereocenters. The second-order valence-corrected chi connectivity index (χ2v) is 5.39. The maximum atomic E-state index is 11.8. The van der Waals surface area contributed by atoms with E-state index in [0.717, 1.165) is 18.7 Å². The fourth-order valence-electron chi connectivity index (χ4n) is 1.44. The third kappa shape index (κ3) is 4.89. The van der Waals surface area contributed by atoms with Gasteiger partial charge in [0.1, 0.15) is 0 Å². The van der Waals surface area contributed by atoms with Gasteiger partial charge in [0.2, 0.25) is 0 Å². The van der Waals surface area contributed by atoms with E-state index < -0.39 is 0 Å². The van der Waals surface area contributed by atoms with E-state index in [2.05, 4.69) is 31.4 Å². The Hall–Kier alpha value is -1.51. The first-order valence-corrected chi connectivity index (χ1v) is 5.98. The summed E-state index contributed by atoms with van der Waals surface area (Å²) in [5.41, 5.74) is 1.97. The number of benzene rings is 1. The molecule has 0 aliphatic heterocycles. The molecule has 2 N–H and O–H groups in total. The van der Waals surface area contributed by atoms with Gasteiger partial charge < -0.3 is 10.6 Å². The van der Waals surface area contributed by atoms with Gasteiger partial charge in [-0.2, -0.15) is 0 Å². The Labute approximate surface area is 104 Å². The Morgan fingerprint density at radius 3 is 2.24 bits per heavy atom.